The van der Waals surface area contributed by atoms with Gasteiger partial charge in [-0.25, -0.2) is 13.1 Å². The van der Waals surface area contributed by atoms with Crippen molar-refractivity contribution < 1.29 is 8.42 Å². The fraction of sp³-hybridized carbons (Fsp3) is 1.00. The first-order valence-electron chi connectivity index (χ1n) is 3.71. The van der Waals surface area contributed by atoms with E-state index >= 15 is 0 Å². The molecule has 0 aromatic carbocycles. The van der Waals surface area contributed by atoms with E-state index in [0.29, 0.717) is 13.1 Å². The Morgan fingerprint density at radius 1 is 1.27 bits per heavy atom. The van der Waals surface area contributed by atoms with Crippen molar-refractivity contribution in [1.29, 1.82) is 0 Å². The minimum atomic E-state index is -2.99. The lowest BCUT2D eigenvalue weighted by Gasteiger charge is -2.00. The summed E-state index contributed by atoms with van der Waals surface area (Å²) in [5.41, 5.74) is 5.26. The first-order valence-corrected chi connectivity index (χ1v) is 5.60. The monoisotopic (exact) mass is 180 g/mol. The summed E-state index contributed by atoms with van der Waals surface area (Å²) >= 11 is 0. The molecule has 0 unspecified atom stereocenters. The number of hydrogen-bond donors (Lipinski definition) is 2. The average Bonchev–Trinajstić information content (AvgIpc) is 1.85. The second-order valence-electron chi connectivity index (χ2n) is 2.52. The van der Waals surface area contributed by atoms with Gasteiger partial charge < -0.3 is 5.73 Å². The predicted molar refractivity (Wildman–Crippen MR) is 45.8 cm³/mol. The second kappa shape index (κ2) is 5.51. The van der Waals surface area contributed by atoms with Gasteiger partial charge in [-0.1, -0.05) is 6.42 Å². The van der Waals surface area contributed by atoms with Crippen molar-refractivity contribution in [2.24, 2.45) is 5.73 Å². The lowest BCUT2D eigenvalue weighted by Crippen LogP contribution is -2.22. The van der Waals surface area contributed by atoms with Gasteiger partial charge in [0.1, 0.15) is 0 Å². The molecule has 0 spiro atoms. The maximum atomic E-state index is 10.5. The van der Waals surface area contributed by atoms with Crippen LogP contribution in [0.3, 0.4) is 0 Å². The van der Waals surface area contributed by atoms with E-state index in [1.54, 1.807) is 0 Å². The van der Waals surface area contributed by atoms with Gasteiger partial charge in [-0.3, -0.25) is 0 Å². The summed E-state index contributed by atoms with van der Waals surface area (Å²) < 4.78 is 23.5. The molecule has 0 aliphatic carbocycles. The zero-order valence-corrected chi connectivity index (χ0v) is 7.65. The van der Waals surface area contributed by atoms with E-state index in [4.69, 9.17) is 5.73 Å². The molecule has 0 bridgehead atoms. The van der Waals surface area contributed by atoms with Crippen molar-refractivity contribution in [2.75, 3.05) is 19.3 Å². The summed E-state index contributed by atoms with van der Waals surface area (Å²) in [6.07, 6.45) is 3.98. The Kier molecular flexibility index (Phi) is 5.45. The average molecular weight is 180 g/mol. The summed E-state index contributed by atoms with van der Waals surface area (Å²) in [7, 11) is -2.99. The van der Waals surface area contributed by atoms with E-state index in [9.17, 15) is 8.42 Å². The van der Waals surface area contributed by atoms with Crippen LogP contribution in [-0.2, 0) is 10.0 Å². The number of rotatable bonds is 6. The Bertz CT molecular complexity index is 177. The van der Waals surface area contributed by atoms with E-state index in [2.05, 4.69) is 4.72 Å². The summed E-state index contributed by atoms with van der Waals surface area (Å²) in [4.78, 5) is 0. The normalized spacial score (nSPS) is 11.8. The van der Waals surface area contributed by atoms with Crippen molar-refractivity contribution in [3.05, 3.63) is 0 Å². The number of nitrogens with two attached hydrogens (primary N) is 1. The first kappa shape index (κ1) is 10.9. The molecule has 3 N–H and O–H groups in total. The highest BCUT2D eigenvalue weighted by molar-refractivity contribution is 7.88. The van der Waals surface area contributed by atoms with Crippen molar-refractivity contribution in [3.63, 3.8) is 0 Å². The smallest absolute Gasteiger partial charge is 0.208 e. The van der Waals surface area contributed by atoms with Crippen LogP contribution in [0.25, 0.3) is 0 Å². The van der Waals surface area contributed by atoms with Gasteiger partial charge in [-0.15, -0.1) is 0 Å². The third kappa shape index (κ3) is 9.87. The molecule has 0 amide bonds. The highest BCUT2D eigenvalue weighted by atomic mass is 32.2. The fourth-order valence-corrected chi connectivity index (χ4v) is 1.22. The Hall–Kier alpha value is -0.130. The van der Waals surface area contributed by atoms with Crippen LogP contribution in [0.4, 0.5) is 0 Å². The zero-order valence-electron chi connectivity index (χ0n) is 6.84. The molecular formula is C6H16N2O2S. The molecule has 5 heteroatoms. The molecular weight excluding hydrogens is 164 g/mol. The topological polar surface area (TPSA) is 72.2 Å². The van der Waals surface area contributed by atoms with Crippen LogP contribution in [-0.4, -0.2) is 27.8 Å². The van der Waals surface area contributed by atoms with Crippen LogP contribution >= 0.6 is 0 Å². The maximum Gasteiger partial charge on any atom is 0.208 e. The minimum absolute atomic E-state index is 0.527. The van der Waals surface area contributed by atoms with E-state index in [-0.39, 0.29) is 0 Å². The molecule has 0 aliphatic heterocycles. The number of sulfonamides is 1. The van der Waals surface area contributed by atoms with Crippen LogP contribution in [0.1, 0.15) is 19.3 Å². The largest absolute Gasteiger partial charge is 0.330 e. The molecule has 68 valence electrons. The molecule has 11 heavy (non-hydrogen) atoms. The van der Waals surface area contributed by atoms with Crippen LogP contribution < -0.4 is 10.5 Å². The van der Waals surface area contributed by atoms with Gasteiger partial charge in [-0.2, -0.15) is 0 Å². The van der Waals surface area contributed by atoms with Crippen LogP contribution in [0.15, 0.2) is 0 Å². The molecule has 0 saturated carbocycles. The summed E-state index contributed by atoms with van der Waals surface area (Å²) in [5, 5.41) is 0. The highest BCUT2D eigenvalue weighted by Gasteiger charge is 1.97. The summed E-state index contributed by atoms with van der Waals surface area (Å²) in [5.74, 6) is 0. The maximum absolute atomic E-state index is 10.5. The molecule has 0 aliphatic rings. The standard InChI is InChI=1S/C6H16N2O2S/c1-11(9,10)8-6-4-2-3-5-7/h8H,2-7H2,1H3. The van der Waals surface area contributed by atoms with Crippen LogP contribution in [0, 0.1) is 0 Å². The quantitative estimate of drug-likeness (QED) is 0.549. The predicted octanol–water partition coefficient (Wildman–Crippen LogP) is -0.335. The number of nitrogens with one attached hydrogen (secondary N) is 1. The molecule has 0 atom stereocenters. The third-order valence-corrected chi connectivity index (χ3v) is 1.97. The lowest BCUT2D eigenvalue weighted by atomic mass is 10.2. The van der Waals surface area contributed by atoms with Gasteiger partial charge >= 0.3 is 0 Å². The van der Waals surface area contributed by atoms with Crippen molar-refractivity contribution in [2.45, 2.75) is 19.3 Å². The zero-order chi connectivity index (χ0) is 8.74. The summed E-state index contributed by atoms with van der Waals surface area (Å²) in [6, 6.07) is 0. The van der Waals surface area contributed by atoms with Crippen molar-refractivity contribution in [1.82, 2.24) is 4.72 Å². The number of unbranched alkanes of at least 4 members (excludes halogenated alkanes) is 2. The molecule has 0 rings (SSSR count). The van der Waals surface area contributed by atoms with E-state index in [1.807, 2.05) is 0 Å². The van der Waals surface area contributed by atoms with E-state index in [0.717, 1.165) is 25.5 Å². The minimum Gasteiger partial charge on any atom is -0.330 e. The van der Waals surface area contributed by atoms with Crippen LogP contribution in [0.5, 0.6) is 0 Å². The third-order valence-electron chi connectivity index (χ3n) is 1.25. The fourth-order valence-electron chi connectivity index (χ4n) is 0.704. The first-order chi connectivity index (χ1) is 5.06. The molecule has 0 heterocycles. The van der Waals surface area contributed by atoms with E-state index in [1.165, 1.54) is 0 Å². The summed E-state index contributed by atoms with van der Waals surface area (Å²) in [6.45, 7) is 1.21. The van der Waals surface area contributed by atoms with Gasteiger partial charge in [0.05, 0.1) is 6.26 Å². The van der Waals surface area contributed by atoms with Gasteiger partial charge in [0.2, 0.25) is 10.0 Å². The Balaban J connectivity index is 3.16. The van der Waals surface area contributed by atoms with Crippen molar-refractivity contribution in [3.8, 4) is 0 Å². The Morgan fingerprint density at radius 3 is 2.36 bits per heavy atom. The van der Waals surface area contributed by atoms with Crippen LogP contribution in [0.2, 0.25) is 0 Å². The molecule has 0 aromatic heterocycles. The Morgan fingerprint density at radius 2 is 1.91 bits per heavy atom. The molecule has 0 aromatic rings. The number of hydrogen-bond acceptors (Lipinski definition) is 3. The van der Waals surface area contributed by atoms with Gasteiger partial charge in [0, 0.05) is 6.54 Å². The van der Waals surface area contributed by atoms with Gasteiger partial charge in [0.25, 0.3) is 0 Å². The van der Waals surface area contributed by atoms with Crippen molar-refractivity contribution >= 4 is 10.0 Å². The molecule has 4 nitrogen and oxygen atoms in total. The highest BCUT2D eigenvalue weighted by Crippen LogP contribution is 1.91. The van der Waals surface area contributed by atoms with E-state index < -0.39 is 10.0 Å². The van der Waals surface area contributed by atoms with Gasteiger partial charge in [-0.05, 0) is 19.4 Å². The SMILES string of the molecule is CS(=O)(=O)NCCCCCN. The lowest BCUT2D eigenvalue weighted by molar-refractivity contribution is 0.581. The molecule has 0 fully saturated rings. The second-order valence-corrected chi connectivity index (χ2v) is 4.35. The Labute approximate surface area is 68.2 Å². The van der Waals surface area contributed by atoms with Gasteiger partial charge in [0.15, 0.2) is 0 Å². The molecule has 0 radical (unpaired) electrons. The molecule has 0 saturated heterocycles.